The first-order valence-electron chi connectivity index (χ1n) is 9.09. The second-order valence-electron chi connectivity index (χ2n) is 6.87. The molecule has 0 radical (unpaired) electrons. The summed E-state index contributed by atoms with van der Waals surface area (Å²) in [6.07, 6.45) is 1.98. The Labute approximate surface area is 161 Å². The maximum atomic E-state index is 12.7. The molecule has 6 nitrogen and oxygen atoms in total. The van der Waals surface area contributed by atoms with Gasteiger partial charge in [-0.05, 0) is 30.7 Å². The first kappa shape index (κ1) is 17.9. The summed E-state index contributed by atoms with van der Waals surface area (Å²) in [6, 6.07) is 16.0. The number of hydrogen-bond acceptors (Lipinski definition) is 3. The molecule has 0 saturated heterocycles. The monoisotopic (exact) mass is 376 g/mol. The highest BCUT2D eigenvalue weighted by Crippen LogP contribution is 2.25. The van der Waals surface area contributed by atoms with Gasteiger partial charge in [0.2, 0.25) is 5.91 Å². The third kappa shape index (κ3) is 3.36. The first-order chi connectivity index (χ1) is 13.5. The number of nitrogens with one attached hydrogen (secondary N) is 2. The minimum Gasteiger partial charge on any atom is -0.480 e. The molecular formula is C22H20N2O4. The Hall–Kier alpha value is -3.54. The van der Waals surface area contributed by atoms with Crippen LogP contribution in [0.4, 0.5) is 0 Å². The molecule has 0 spiro atoms. The predicted molar refractivity (Wildman–Crippen MR) is 106 cm³/mol. The number of aromatic nitrogens is 1. The molecule has 3 N–H and O–H groups in total. The molecule has 2 aromatic carbocycles. The van der Waals surface area contributed by atoms with E-state index in [1.54, 1.807) is 13.1 Å². The fourth-order valence-electron chi connectivity index (χ4n) is 3.36. The number of hydrogen-bond donors (Lipinski definition) is 3. The summed E-state index contributed by atoms with van der Waals surface area (Å²) >= 11 is 0. The van der Waals surface area contributed by atoms with E-state index >= 15 is 0 Å². The van der Waals surface area contributed by atoms with Gasteiger partial charge in [0.25, 0.3) is 0 Å². The van der Waals surface area contributed by atoms with Crippen LogP contribution in [0.25, 0.3) is 21.9 Å². The van der Waals surface area contributed by atoms with E-state index in [0.29, 0.717) is 11.3 Å². The van der Waals surface area contributed by atoms with Crippen LogP contribution in [0.5, 0.6) is 0 Å². The van der Waals surface area contributed by atoms with Crippen LogP contribution in [0.3, 0.4) is 0 Å². The maximum Gasteiger partial charge on any atom is 0.326 e. The number of furan rings is 1. The Morgan fingerprint density at radius 1 is 1.14 bits per heavy atom. The molecule has 0 unspecified atom stereocenters. The molecule has 6 heteroatoms. The van der Waals surface area contributed by atoms with Gasteiger partial charge in [-0.15, -0.1) is 0 Å². The minimum atomic E-state index is -1.07. The molecule has 2 atom stereocenters. The summed E-state index contributed by atoms with van der Waals surface area (Å²) in [6.45, 7) is 1.71. The van der Waals surface area contributed by atoms with E-state index in [1.807, 2.05) is 54.6 Å². The number of aromatic amines is 1. The molecule has 0 aliphatic rings. The lowest BCUT2D eigenvalue weighted by Gasteiger charge is -2.16. The molecule has 0 bridgehead atoms. The van der Waals surface area contributed by atoms with Crippen LogP contribution in [0.2, 0.25) is 0 Å². The average molecular weight is 376 g/mol. The number of benzene rings is 2. The summed E-state index contributed by atoms with van der Waals surface area (Å²) in [5.41, 5.74) is 2.48. The number of rotatable bonds is 6. The number of carboxylic acid groups (broad SMARTS) is 1. The van der Waals surface area contributed by atoms with Crippen LogP contribution in [0.1, 0.15) is 24.2 Å². The van der Waals surface area contributed by atoms with E-state index in [9.17, 15) is 14.7 Å². The van der Waals surface area contributed by atoms with Gasteiger partial charge in [-0.3, -0.25) is 4.79 Å². The van der Waals surface area contributed by atoms with Crippen LogP contribution in [-0.4, -0.2) is 28.0 Å². The van der Waals surface area contributed by atoms with E-state index in [4.69, 9.17) is 4.42 Å². The van der Waals surface area contributed by atoms with Gasteiger partial charge in [-0.1, -0.05) is 36.4 Å². The summed E-state index contributed by atoms with van der Waals surface area (Å²) in [5.74, 6) is -1.55. The van der Waals surface area contributed by atoms with Crippen molar-refractivity contribution in [3.63, 3.8) is 0 Å². The van der Waals surface area contributed by atoms with E-state index in [1.165, 1.54) is 0 Å². The highest BCUT2D eigenvalue weighted by Gasteiger charge is 2.26. The molecule has 4 aromatic rings. The van der Waals surface area contributed by atoms with Gasteiger partial charge in [0.1, 0.15) is 17.4 Å². The van der Waals surface area contributed by atoms with Gasteiger partial charge in [-0.25, -0.2) is 4.79 Å². The zero-order valence-corrected chi connectivity index (χ0v) is 15.3. The Kier molecular flexibility index (Phi) is 4.61. The van der Waals surface area contributed by atoms with Crippen LogP contribution < -0.4 is 5.32 Å². The van der Waals surface area contributed by atoms with Crippen LogP contribution in [0, 0.1) is 0 Å². The number of aliphatic carboxylic acids is 1. The van der Waals surface area contributed by atoms with Crippen molar-refractivity contribution in [1.29, 1.82) is 0 Å². The van der Waals surface area contributed by atoms with Crippen molar-refractivity contribution in [2.75, 3.05) is 0 Å². The van der Waals surface area contributed by atoms with Crippen LogP contribution in [-0.2, 0) is 16.0 Å². The van der Waals surface area contributed by atoms with Gasteiger partial charge in [0, 0.05) is 28.9 Å². The number of para-hydroxylation sites is 2. The molecule has 0 fully saturated rings. The maximum absolute atomic E-state index is 12.7. The van der Waals surface area contributed by atoms with Crippen molar-refractivity contribution in [2.45, 2.75) is 25.3 Å². The Morgan fingerprint density at radius 2 is 1.89 bits per heavy atom. The molecule has 1 amide bonds. The van der Waals surface area contributed by atoms with E-state index in [2.05, 4.69) is 10.3 Å². The molecule has 2 aromatic heterocycles. The molecule has 142 valence electrons. The Bertz CT molecular complexity index is 1120. The summed E-state index contributed by atoms with van der Waals surface area (Å²) in [7, 11) is 0. The highest BCUT2D eigenvalue weighted by molar-refractivity contribution is 5.90. The van der Waals surface area contributed by atoms with E-state index in [-0.39, 0.29) is 12.3 Å². The number of H-pyrrole nitrogens is 1. The zero-order chi connectivity index (χ0) is 19.7. The predicted octanol–water partition coefficient (Wildman–Crippen LogP) is 3.83. The van der Waals surface area contributed by atoms with Gasteiger partial charge < -0.3 is 19.8 Å². The van der Waals surface area contributed by atoms with Crippen LogP contribution in [0.15, 0.2) is 65.2 Å². The SMILES string of the molecule is C[C@@H](C(=O)N[C@H](Cc1c[nH]c2ccccc12)C(=O)O)c1cc2ccccc2o1. The molecule has 2 heterocycles. The number of carbonyl (C=O) groups excluding carboxylic acids is 1. The first-order valence-corrected chi connectivity index (χ1v) is 9.09. The minimum absolute atomic E-state index is 0.192. The quantitative estimate of drug-likeness (QED) is 0.477. The normalized spacial score (nSPS) is 13.5. The number of carbonyl (C=O) groups is 2. The van der Waals surface area contributed by atoms with E-state index < -0.39 is 17.9 Å². The van der Waals surface area contributed by atoms with Crippen molar-refractivity contribution >= 4 is 33.7 Å². The largest absolute Gasteiger partial charge is 0.480 e. The third-order valence-electron chi connectivity index (χ3n) is 4.98. The van der Waals surface area contributed by atoms with Crippen molar-refractivity contribution < 1.29 is 19.1 Å². The Morgan fingerprint density at radius 3 is 2.68 bits per heavy atom. The molecule has 28 heavy (non-hydrogen) atoms. The fraction of sp³-hybridized carbons (Fsp3) is 0.182. The van der Waals surface area contributed by atoms with Crippen molar-refractivity contribution in [1.82, 2.24) is 10.3 Å². The van der Waals surface area contributed by atoms with Crippen LogP contribution >= 0.6 is 0 Å². The molecule has 0 aliphatic heterocycles. The number of fused-ring (bicyclic) bond motifs is 2. The lowest BCUT2D eigenvalue weighted by atomic mass is 10.0. The molecule has 4 rings (SSSR count). The topological polar surface area (TPSA) is 95.3 Å². The highest BCUT2D eigenvalue weighted by atomic mass is 16.4. The van der Waals surface area contributed by atoms with Crippen molar-refractivity contribution in [3.8, 4) is 0 Å². The summed E-state index contributed by atoms with van der Waals surface area (Å²) in [4.78, 5) is 27.6. The second-order valence-corrected chi connectivity index (χ2v) is 6.87. The van der Waals surface area contributed by atoms with Gasteiger partial charge >= 0.3 is 5.97 Å². The second kappa shape index (κ2) is 7.23. The fourth-order valence-corrected chi connectivity index (χ4v) is 3.36. The Balaban J connectivity index is 1.52. The van der Waals surface area contributed by atoms with Gasteiger partial charge in [-0.2, -0.15) is 0 Å². The van der Waals surface area contributed by atoms with Gasteiger partial charge in [0.15, 0.2) is 0 Å². The molecule has 0 aliphatic carbocycles. The standard InChI is InChI=1S/C22H20N2O4/c1-13(20-11-14-6-2-5-9-19(14)28-20)21(25)24-18(22(26)27)10-15-12-23-17-8-4-3-7-16(15)17/h2-9,11-13,18,23H,10H2,1H3,(H,24,25)(H,26,27)/t13-,18-/m1/s1. The summed E-state index contributed by atoms with van der Waals surface area (Å²) in [5, 5.41) is 14.1. The average Bonchev–Trinajstić information content (AvgIpc) is 3.31. The lowest BCUT2D eigenvalue weighted by Crippen LogP contribution is -2.43. The third-order valence-corrected chi connectivity index (χ3v) is 4.98. The summed E-state index contributed by atoms with van der Waals surface area (Å²) < 4.78 is 5.74. The zero-order valence-electron chi connectivity index (χ0n) is 15.3. The van der Waals surface area contributed by atoms with Gasteiger partial charge in [0.05, 0.1) is 5.92 Å². The smallest absolute Gasteiger partial charge is 0.326 e. The van der Waals surface area contributed by atoms with Crippen molar-refractivity contribution in [3.05, 3.63) is 72.1 Å². The molecular weight excluding hydrogens is 356 g/mol. The molecule has 0 saturated carbocycles. The van der Waals surface area contributed by atoms with Crippen molar-refractivity contribution in [2.24, 2.45) is 0 Å². The van der Waals surface area contributed by atoms with E-state index in [0.717, 1.165) is 21.9 Å². The lowest BCUT2D eigenvalue weighted by molar-refractivity contribution is -0.142. The number of amides is 1. The number of carboxylic acids is 1.